The van der Waals surface area contributed by atoms with Crippen molar-refractivity contribution >= 4 is 29.3 Å². The number of hydrogen-bond donors (Lipinski definition) is 0. The summed E-state index contributed by atoms with van der Waals surface area (Å²) in [7, 11) is 0. The number of hydrogen-bond acceptors (Lipinski definition) is 8. The third-order valence-corrected chi connectivity index (χ3v) is 8.73. The monoisotopic (exact) mass is 584 g/mol. The number of fused-ring (bicyclic) bond motifs is 2. The van der Waals surface area contributed by atoms with Crippen molar-refractivity contribution < 1.29 is 33.1 Å². The number of piperazine rings is 1. The maximum absolute atomic E-state index is 13.6. The molecule has 0 radical (unpaired) electrons. The van der Waals surface area contributed by atoms with E-state index in [0.717, 1.165) is 5.69 Å². The SMILES string of the molecule is O=C(c1ccco1)N1CCN(C(=O)C2CCN(c3cccc4c3C(=O)N(C[C@@H]3COc5ccccc5O3)C4=O)CC2)CC1. The van der Waals surface area contributed by atoms with Gasteiger partial charge in [-0.15, -0.1) is 0 Å². The quantitative estimate of drug-likeness (QED) is 0.421. The molecule has 0 unspecified atom stereocenters. The van der Waals surface area contributed by atoms with Crippen LogP contribution in [0.5, 0.6) is 11.5 Å². The zero-order valence-electron chi connectivity index (χ0n) is 23.6. The molecule has 1 atom stereocenters. The maximum Gasteiger partial charge on any atom is 0.289 e. The standard InChI is InChI=1S/C32H32N4O7/c37-29(34-14-16-35(17-15-34)31(39)27-9-4-18-41-27)21-10-12-33(13-11-21)24-6-3-5-23-28(24)32(40)36(30(23)38)19-22-20-42-25-7-1-2-8-26(25)43-22/h1-9,18,21-22H,10-17,19-20H2/t22-/m1/s1. The Labute approximate surface area is 248 Å². The van der Waals surface area contributed by atoms with E-state index in [1.807, 2.05) is 29.2 Å². The predicted octanol–water partition coefficient (Wildman–Crippen LogP) is 2.92. The van der Waals surface area contributed by atoms with Crippen molar-refractivity contribution in [2.75, 3.05) is 57.3 Å². The highest BCUT2D eigenvalue weighted by Gasteiger charge is 2.41. The molecule has 7 rings (SSSR count). The molecule has 2 fully saturated rings. The second-order valence-corrected chi connectivity index (χ2v) is 11.3. The lowest BCUT2D eigenvalue weighted by Gasteiger charge is -2.39. The Morgan fingerprint density at radius 1 is 0.791 bits per heavy atom. The van der Waals surface area contributed by atoms with Crippen LogP contribution in [0.2, 0.25) is 0 Å². The number of nitrogens with zero attached hydrogens (tertiary/aromatic N) is 4. The van der Waals surface area contributed by atoms with Gasteiger partial charge in [-0.2, -0.15) is 0 Å². The number of furan rings is 1. The van der Waals surface area contributed by atoms with Gasteiger partial charge in [0.2, 0.25) is 5.91 Å². The van der Waals surface area contributed by atoms with Crippen molar-refractivity contribution in [2.45, 2.75) is 18.9 Å². The van der Waals surface area contributed by atoms with E-state index < -0.39 is 6.10 Å². The summed E-state index contributed by atoms with van der Waals surface area (Å²) in [4.78, 5) is 59.8. The molecular formula is C32H32N4O7. The molecule has 0 spiro atoms. The van der Waals surface area contributed by atoms with Crippen molar-refractivity contribution in [1.29, 1.82) is 0 Å². The molecule has 11 nitrogen and oxygen atoms in total. The minimum absolute atomic E-state index is 0.0943. The van der Waals surface area contributed by atoms with Crippen LogP contribution >= 0.6 is 0 Å². The predicted molar refractivity (Wildman–Crippen MR) is 154 cm³/mol. The van der Waals surface area contributed by atoms with Crippen LogP contribution in [0.3, 0.4) is 0 Å². The van der Waals surface area contributed by atoms with Crippen LogP contribution in [0.4, 0.5) is 5.69 Å². The van der Waals surface area contributed by atoms with Gasteiger partial charge < -0.3 is 28.6 Å². The topological polar surface area (TPSA) is 113 Å². The van der Waals surface area contributed by atoms with Crippen molar-refractivity contribution in [3.05, 3.63) is 77.7 Å². The lowest BCUT2D eigenvalue weighted by atomic mass is 9.93. The zero-order chi connectivity index (χ0) is 29.5. The molecule has 0 aliphatic carbocycles. The van der Waals surface area contributed by atoms with Gasteiger partial charge in [0.1, 0.15) is 6.61 Å². The Morgan fingerprint density at radius 3 is 2.28 bits per heavy atom. The molecule has 222 valence electrons. The molecule has 2 aromatic carbocycles. The largest absolute Gasteiger partial charge is 0.486 e. The van der Waals surface area contributed by atoms with E-state index in [9.17, 15) is 19.2 Å². The minimum atomic E-state index is -0.465. The van der Waals surface area contributed by atoms with Gasteiger partial charge in [0, 0.05) is 45.2 Å². The summed E-state index contributed by atoms with van der Waals surface area (Å²) in [6.07, 6.45) is 2.31. The molecule has 1 aromatic heterocycles. The fourth-order valence-corrected chi connectivity index (χ4v) is 6.41. The minimum Gasteiger partial charge on any atom is -0.486 e. The Morgan fingerprint density at radius 2 is 1.53 bits per heavy atom. The van der Waals surface area contributed by atoms with Crippen molar-refractivity contribution in [3.8, 4) is 11.5 Å². The highest BCUT2D eigenvalue weighted by atomic mass is 16.6. The molecule has 2 saturated heterocycles. The number of imide groups is 1. The van der Waals surface area contributed by atoms with Gasteiger partial charge >= 0.3 is 0 Å². The number of carbonyl (C=O) groups excluding carboxylic acids is 4. The first-order chi connectivity index (χ1) is 21.0. The first-order valence-corrected chi connectivity index (χ1v) is 14.7. The van der Waals surface area contributed by atoms with Crippen LogP contribution in [0, 0.1) is 5.92 Å². The zero-order valence-corrected chi connectivity index (χ0v) is 23.6. The number of anilines is 1. The van der Waals surface area contributed by atoms with Gasteiger partial charge in [-0.3, -0.25) is 24.1 Å². The van der Waals surface area contributed by atoms with E-state index in [1.165, 1.54) is 11.2 Å². The molecular weight excluding hydrogens is 552 g/mol. The number of amides is 4. The molecule has 4 aliphatic heterocycles. The molecule has 4 amide bonds. The van der Waals surface area contributed by atoms with E-state index in [1.54, 1.807) is 35.2 Å². The van der Waals surface area contributed by atoms with Crippen LogP contribution in [0.1, 0.15) is 44.1 Å². The van der Waals surface area contributed by atoms with Crippen LogP contribution in [0.25, 0.3) is 0 Å². The average molecular weight is 585 g/mol. The van der Waals surface area contributed by atoms with Crippen LogP contribution in [-0.2, 0) is 4.79 Å². The Bertz CT molecular complexity index is 1560. The first kappa shape index (κ1) is 27.1. The van der Waals surface area contributed by atoms with Gasteiger partial charge in [0.25, 0.3) is 17.7 Å². The average Bonchev–Trinajstić information content (AvgIpc) is 3.68. The Balaban J connectivity index is 0.964. The van der Waals surface area contributed by atoms with E-state index in [-0.39, 0.29) is 42.7 Å². The number of para-hydroxylation sites is 2. The summed E-state index contributed by atoms with van der Waals surface area (Å²) in [5.41, 5.74) is 1.52. The fraction of sp³-hybridized carbons (Fsp3) is 0.375. The van der Waals surface area contributed by atoms with E-state index in [0.29, 0.717) is 80.5 Å². The highest BCUT2D eigenvalue weighted by molar-refractivity contribution is 6.23. The third-order valence-electron chi connectivity index (χ3n) is 8.73. The summed E-state index contributed by atoms with van der Waals surface area (Å²) < 4.78 is 17.0. The second kappa shape index (κ2) is 11.1. The first-order valence-electron chi connectivity index (χ1n) is 14.7. The summed E-state index contributed by atoms with van der Waals surface area (Å²) >= 11 is 0. The summed E-state index contributed by atoms with van der Waals surface area (Å²) in [6.45, 7) is 3.46. The number of rotatable bonds is 5. The van der Waals surface area contributed by atoms with Crippen molar-refractivity contribution in [3.63, 3.8) is 0 Å². The summed E-state index contributed by atoms with van der Waals surface area (Å²) in [6, 6.07) is 16.1. The van der Waals surface area contributed by atoms with Gasteiger partial charge in [-0.1, -0.05) is 18.2 Å². The Kier molecular flexibility index (Phi) is 7.00. The second-order valence-electron chi connectivity index (χ2n) is 11.3. The van der Waals surface area contributed by atoms with Gasteiger partial charge in [0.15, 0.2) is 23.4 Å². The van der Waals surface area contributed by atoms with E-state index in [4.69, 9.17) is 13.9 Å². The van der Waals surface area contributed by atoms with Gasteiger partial charge in [0.05, 0.1) is 29.6 Å². The molecule has 0 saturated carbocycles. The lowest BCUT2D eigenvalue weighted by molar-refractivity contribution is -0.137. The number of piperidine rings is 1. The summed E-state index contributed by atoms with van der Waals surface area (Å²) in [5.74, 6) is 0.710. The normalized spacial score (nSPS) is 20.4. The number of carbonyl (C=O) groups is 4. The molecule has 4 aliphatic rings. The number of benzene rings is 2. The maximum atomic E-state index is 13.6. The molecule has 43 heavy (non-hydrogen) atoms. The molecule has 0 N–H and O–H groups in total. The fourth-order valence-electron chi connectivity index (χ4n) is 6.41. The van der Waals surface area contributed by atoms with Crippen molar-refractivity contribution in [1.82, 2.24) is 14.7 Å². The van der Waals surface area contributed by atoms with Crippen LogP contribution in [-0.4, -0.2) is 96.9 Å². The molecule has 3 aromatic rings. The highest BCUT2D eigenvalue weighted by Crippen LogP contribution is 2.36. The third kappa shape index (κ3) is 4.98. The molecule has 11 heteroatoms. The van der Waals surface area contributed by atoms with E-state index in [2.05, 4.69) is 4.90 Å². The Hall–Kier alpha value is -4.80. The van der Waals surface area contributed by atoms with Crippen molar-refractivity contribution in [2.24, 2.45) is 5.92 Å². The van der Waals surface area contributed by atoms with Gasteiger partial charge in [-0.25, -0.2) is 0 Å². The summed E-state index contributed by atoms with van der Waals surface area (Å²) in [5, 5.41) is 0. The molecule has 5 heterocycles. The molecule has 0 bridgehead atoms. The van der Waals surface area contributed by atoms with E-state index >= 15 is 0 Å². The smallest absolute Gasteiger partial charge is 0.289 e. The van der Waals surface area contributed by atoms with Gasteiger partial charge in [-0.05, 0) is 49.2 Å². The van der Waals surface area contributed by atoms with Crippen LogP contribution < -0.4 is 14.4 Å². The van der Waals surface area contributed by atoms with Crippen LogP contribution in [0.15, 0.2) is 65.3 Å². The number of ether oxygens (including phenoxy) is 2. The lowest BCUT2D eigenvalue weighted by Crippen LogP contribution is -2.53.